The number of nitrogens with one attached hydrogen (secondary N) is 1. The highest BCUT2D eigenvalue weighted by atomic mass is 35.5. The summed E-state index contributed by atoms with van der Waals surface area (Å²) in [6, 6.07) is 0.574. The Bertz CT molecular complexity index is 410. The van der Waals surface area contributed by atoms with E-state index < -0.39 is 0 Å². The van der Waals surface area contributed by atoms with Crippen LogP contribution in [0.5, 0.6) is 0 Å². The van der Waals surface area contributed by atoms with Crippen LogP contribution in [0, 0.1) is 6.92 Å². The number of nitrogens with zero attached hydrogens (tertiary/aromatic N) is 2. The Hall–Kier alpha value is -1.07. The molecule has 102 valence electrons. The monoisotopic (exact) mass is 272 g/mol. The molecule has 0 saturated heterocycles. The highest BCUT2D eigenvalue weighted by molar-refractivity contribution is 5.95. The second kappa shape index (κ2) is 6.20. The molecule has 1 amide bonds. The van der Waals surface area contributed by atoms with Crippen LogP contribution in [0.15, 0.2) is 6.20 Å². The Kier molecular flexibility index (Phi) is 5.16. The summed E-state index contributed by atoms with van der Waals surface area (Å²) in [5, 5.41) is 7.24. The Morgan fingerprint density at radius 2 is 2.06 bits per heavy atom. The van der Waals surface area contributed by atoms with Gasteiger partial charge in [0.15, 0.2) is 0 Å². The average molecular weight is 273 g/mol. The molecule has 1 aliphatic carbocycles. The molecule has 0 aromatic carbocycles. The third kappa shape index (κ3) is 3.46. The molecule has 0 aliphatic heterocycles. The number of carbonyl (C=O) groups is 1. The largest absolute Gasteiger partial charge is 0.349 e. The highest BCUT2D eigenvalue weighted by Crippen LogP contribution is 2.17. The smallest absolute Gasteiger partial charge is 0.254 e. The molecule has 0 atom stereocenters. The van der Waals surface area contributed by atoms with Crippen molar-refractivity contribution < 1.29 is 4.79 Å². The number of aryl methyl sites for hydroxylation is 2. The van der Waals surface area contributed by atoms with Gasteiger partial charge < -0.3 is 11.1 Å². The van der Waals surface area contributed by atoms with E-state index in [1.165, 1.54) is 0 Å². The third-order valence-electron chi connectivity index (χ3n) is 3.37. The first kappa shape index (κ1) is 15.0. The highest BCUT2D eigenvalue weighted by Gasteiger charge is 2.21. The van der Waals surface area contributed by atoms with E-state index in [9.17, 15) is 4.79 Å². The van der Waals surface area contributed by atoms with Gasteiger partial charge in [0.05, 0.1) is 11.3 Å². The zero-order valence-electron chi connectivity index (χ0n) is 10.8. The maximum absolute atomic E-state index is 12.0. The van der Waals surface area contributed by atoms with Crippen molar-refractivity contribution in [1.82, 2.24) is 15.1 Å². The Morgan fingerprint density at radius 1 is 1.44 bits per heavy atom. The lowest BCUT2D eigenvalue weighted by atomic mass is 9.91. The van der Waals surface area contributed by atoms with Crippen LogP contribution in [0.25, 0.3) is 0 Å². The number of hydrogen-bond donors (Lipinski definition) is 2. The molecule has 5 nitrogen and oxygen atoms in total. The maximum atomic E-state index is 12.0. The van der Waals surface area contributed by atoms with Gasteiger partial charge in [0.2, 0.25) is 0 Å². The van der Waals surface area contributed by atoms with Crippen molar-refractivity contribution in [2.45, 2.75) is 44.7 Å². The molecule has 6 heteroatoms. The van der Waals surface area contributed by atoms with Crippen LogP contribution in [-0.4, -0.2) is 27.8 Å². The number of nitrogens with two attached hydrogens (primary N) is 1. The fraction of sp³-hybridized carbons (Fsp3) is 0.667. The van der Waals surface area contributed by atoms with Gasteiger partial charge in [-0.25, -0.2) is 0 Å². The topological polar surface area (TPSA) is 72.9 Å². The Labute approximate surface area is 114 Å². The quantitative estimate of drug-likeness (QED) is 0.848. The van der Waals surface area contributed by atoms with Crippen molar-refractivity contribution in [2.24, 2.45) is 12.8 Å². The van der Waals surface area contributed by atoms with Gasteiger partial charge in [-0.3, -0.25) is 9.48 Å². The minimum Gasteiger partial charge on any atom is -0.349 e. The van der Waals surface area contributed by atoms with E-state index in [4.69, 9.17) is 5.73 Å². The van der Waals surface area contributed by atoms with E-state index >= 15 is 0 Å². The van der Waals surface area contributed by atoms with Gasteiger partial charge in [0, 0.05) is 25.3 Å². The Morgan fingerprint density at radius 3 is 2.56 bits per heavy atom. The van der Waals surface area contributed by atoms with Crippen molar-refractivity contribution in [2.75, 3.05) is 0 Å². The van der Waals surface area contributed by atoms with Crippen LogP contribution in [0.1, 0.15) is 41.7 Å². The lowest BCUT2D eigenvalue weighted by molar-refractivity contribution is 0.0925. The van der Waals surface area contributed by atoms with Crippen LogP contribution in [-0.2, 0) is 7.05 Å². The fourth-order valence-electron chi connectivity index (χ4n) is 2.35. The van der Waals surface area contributed by atoms with Gasteiger partial charge in [-0.2, -0.15) is 5.10 Å². The van der Waals surface area contributed by atoms with E-state index in [2.05, 4.69) is 10.4 Å². The summed E-state index contributed by atoms with van der Waals surface area (Å²) in [5.41, 5.74) is 7.28. The summed E-state index contributed by atoms with van der Waals surface area (Å²) < 4.78 is 1.67. The van der Waals surface area contributed by atoms with Gasteiger partial charge in [-0.1, -0.05) is 0 Å². The molecule has 0 unspecified atom stereocenters. The van der Waals surface area contributed by atoms with Crippen molar-refractivity contribution >= 4 is 18.3 Å². The molecule has 0 bridgehead atoms. The van der Waals surface area contributed by atoms with Crippen LogP contribution >= 0.6 is 12.4 Å². The third-order valence-corrected chi connectivity index (χ3v) is 3.37. The molecule has 2 rings (SSSR count). The molecule has 1 fully saturated rings. The standard InChI is InChI=1S/C12H20N4O.ClH/c1-8-11(7-16(2)15-8)12(17)14-10-5-3-9(13)4-6-10;/h7,9-10H,3-6,13H2,1-2H3,(H,14,17);1H. The van der Waals surface area contributed by atoms with Crippen LogP contribution in [0.2, 0.25) is 0 Å². The second-order valence-electron chi connectivity index (χ2n) is 4.89. The van der Waals surface area contributed by atoms with Crippen LogP contribution in [0.4, 0.5) is 0 Å². The fourth-order valence-corrected chi connectivity index (χ4v) is 2.35. The maximum Gasteiger partial charge on any atom is 0.254 e. The molecule has 1 aromatic rings. The minimum atomic E-state index is -0.0175. The second-order valence-corrected chi connectivity index (χ2v) is 4.89. The number of rotatable bonds is 2. The summed E-state index contributed by atoms with van der Waals surface area (Å²) in [6.07, 6.45) is 5.71. The van der Waals surface area contributed by atoms with Crippen LogP contribution in [0.3, 0.4) is 0 Å². The summed E-state index contributed by atoms with van der Waals surface area (Å²) in [4.78, 5) is 12.0. The van der Waals surface area contributed by atoms with Crippen LogP contribution < -0.4 is 11.1 Å². The molecule has 1 heterocycles. The molecule has 18 heavy (non-hydrogen) atoms. The molecular weight excluding hydrogens is 252 g/mol. The van der Waals surface area contributed by atoms with E-state index in [1.807, 2.05) is 14.0 Å². The predicted molar refractivity (Wildman–Crippen MR) is 72.9 cm³/mol. The van der Waals surface area contributed by atoms with Gasteiger partial charge in [-0.15, -0.1) is 12.4 Å². The molecule has 0 spiro atoms. The number of halogens is 1. The minimum absolute atomic E-state index is 0. The number of aromatic nitrogens is 2. The van der Waals surface area contributed by atoms with Gasteiger partial charge >= 0.3 is 0 Å². The normalized spacial score (nSPS) is 23.3. The molecule has 0 radical (unpaired) electrons. The number of amides is 1. The predicted octanol–water partition coefficient (Wildman–Crippen LogP) is 1.15. The molecule has 1 aromatic heterocycles. The summed E-state index contributed by atoms with van der Waals surface area (Å²) in [7, 11) is 1.82. The summed E-state index contributed by atoms with van der Waals surface area (Å²) in [6.45, 7) is 1.85. The van der Waals surface area contributed by atoms with Gasteiger partial charge in [0.1, 0.15) is 0 Å². The van der Waals surface area contributed by atoms with Crippen molar-refractivity contribution in [3.8, 4) is 0 Å². The molecule has 1 aliphatic rings. The number of hydrogen-bond acceptors (Lipinski definition) is 3. The lowest BCUT2D eigenvalue weighted by Crippen LogP contribution is -2.40. The van der Waals surface area contributed by atoms with Crippen molar-refractivity contribution in [1.29, 1.82) is 0 Å². The van der Waals surface area contributed by atoms with Crippen molar-refractivity contribution in [3.63, 3.8) is 0 Å². The molecule has 1 saturated carbocycles. The first-order valence-corrected chi connectivity index (χ1v) is 6.13. The van der Waals surface area contributed by atoms with E-state index in [1.54, 1.807) is 10.9 Å². The van der Waals surface area contributed by atoms with E-state index in [-0.39, 0.29) is 24.4 Å². The average Bonchev–Trinajstić information content (AvgIpc) is 2.61. The number of carbonyl (C=O) groups excluding carboxylic acids is 1. The summed E-state index contributed by atoms with van der Waals surface area (Å²) in [5.74, 6) is -0.0175. The molecule has 3 N–H and O–H groups in total. The lowest BCUT2D eigenvalue weighted by Gasteiger charge is -2.26. The molecular formula is C12H21ClN4O. The summed E-state index contributed by atoms with van der Waals surface area (Å²) >= 11 is 0. The SMILES string of the molecule is Cc1nn(C)cc1C(=O)NC1CCC(N)CC1.Cl. The Balaban J connectivity index is 0.00000162. The van der Waals surface area contributed by atoms with E-state index in [0.29, 0.717) is 11.6 Å². The zero-order valence-corrected chi connectivity index (χ0v) is 11.7. The zero-order chi connectivity index (χ0) is 12.4. The van der Waals surface area contributed by atoms with Gasteiger partial charge in [0.25, 0.3) is 5.91 Å². The van der Waals surface area contributed by atoms with E-state index in [0.717, 1.165) is 31.4 Å². The first-order valence-electron chi connectivity index (χ1n) is 6.13. The van der Waals surface area contributed by atoms with Gasteiger partial charge in [-0.05, 0) is 32.6 Å². The first-order chi connectivity index (χ1) is 8.06. The van der Waals surface area contributed by atoms with Crippen molar-refractivity contribution in [3.05, 3.63) is 17.5 Å².